The number of rotatable bonds is 1. The average molecular weight is 202 g/mol. The molecule has 0 unspecified atom stereocenters. The third-order valence-electron chi connectivity index (χ3n) is 2.18. The van der Waals surface area contributed by atoms with E-state index in [9.17, 15) is 9.18 Å². The zero-order valence-corrected chi connectivity index (χ0v) is 7.77. The van der Waals surface area contributed by atoms with Crippen molar-refractivity contribution in [2.45, 2.75) is 6.54 Å². The molecule has 0 amide bonds. The predicted octanol–water partition coefficient (Wildman–Crippen LogP) is 1.66. The first-order valence-corrected chi connectivity index (χ1v) is 4.38. The Labute approximate surface area is 85.0 Å². The summed E-state index contributed by atoms with van der Waals surface area (Å²) in [5.41, 5.74) is 0.337. The highest BCUT2D eigenvalue weighted by Gasteiger charge is 2.03. The molecule has 1 aromatic carbocycles. The molecule has 0 saturated heterocycles. The molecule has 0 atom stereocenters. The normalized spacial score (nSPS) is 10.1. The predicted molar refractivity (Wildman–Crippen MR) is 53.8 cm³/mol. The van der Waals surface area contributed by atoms with E-state index >= 15 is 0 Å². The van der Waals surface area contributed by atoms with Crippen LogP contribution in [0.3, 0.4) is 0 Å². The first-order chi connectivity index (χ1) is 7.22. The van der Waals surface area contributed by atoms with E-state index in [1.54, 1.807) is 4.57 Å². The molecule has 0 N–H and O–H groups in total. The lowest BCUT2D eigenvalue weighted by Crippen LogP contribution is -2.07. The van der Waals surface area contributed by atoms with Gasteiger partial charge in [-0.15, -0.1) is 0 Å². The molecule has 2 rings (SSSR count). The van der Waals surface area contributed by atoms with Crippen molar-refractivity contribution in [2.75, 3.05) is 0 Å². The molecule has 0 aliphatic carbocycles. The fourth-order valence-corrected chi connectivity index (χ4v) is 1.50. The molecule has 15 heavy (non-hydrogen) atoms. The lowest BCUT2D eigenvalue weighted by atomic mass is 10.2. The van der Waals surface area contributed by atoms with Gasteiger partial charge in [0.15, 0.2) is 5.43 Å². The Bertz CT molecular complexity index is 610. The summed E-state index contributed by atoms with van der Waals surface area (Å²) < 4.78 is 14.5. The minimum Gasteiger partial charge on any atom is -0.333 e. The molecule has 0 radical (unpaired) electrons. The second kappa shape index (κ2) is 3.54. The van der Waals surface area contributed by atoms with E-state index in [4.69, 9.17) is 5.26 Å². The number of hydrogen-bond donors (Lipinski definition) is 0. The Balaban J connectivity index is 2.84. The number of aromatic nitrogens is 1. The molecule has 1 heterocycles. The third kappa shape index (κ3) is 1.59. The number of nitriles is 1. The summed E-state index contributed by atoms with van der Waals surface area (Å²) in [4.78, 5) is 11.4. The lowest BCUT2D eigenvalue weighted by molar-refractivity contribution is 0.629. The van der Waals surface area contributed by atoms with E-state index in [1.165, 1.54) is 30.5 Å². The molecule has 0 fully saturated rings. The summed E-state index contributed by atoms with van der Waals surface area (Å²) in [6, 6.07) is 7.27. The molecule has 0 saturated carbocycles. The quantitative estimate of drug-likeness (QED) is 0.706. The van der Waals surface area contributed by atoms with Crippen molar-refractivity contribution in [3.8, 4) is 6.07 Å². The van der Waals surface area contributed by atoms with E-state index in [0.717, 1.165) is 0 Å². The van der Waals surface area contributed by atoms with Gasteiger partial charge in [-0.1, -0.05) is 0 Å². The topological polar surface area (TPSA) is 45.8 Å². The molecule has 0 bridgehead atoms. The summed E-state index contributed by atoms with van der Waals surface area (Å²) in [5.74, 6) is -0.450. The highest BCUT2D eigenvalue weighted by atomic mass is 19.1. The van der Waals surface area contributed by atoms with Gasteiger partial charge in [0.05, 0.1) is 11.6 Å². The number of benzene rings is 1. The molecule has 0 aliphatic rings. The van der Waals surface area contributed by atoms with Crippen LogP contribution in [-0.2, 0) is 6.54 Å². The van der Waals surface area contributed by atoms with Crippen LogP contribution in [-0.4, -0.2) is 4.57 Å². The van der Waals surface area contributed by atoms with Crippen LogP contribution in [0, 0.1) is 17.1 Å². The minimum absolute atomic E-state index is 0.141. The zero-order chi connectivity index (χ0) is 10.8. The fourth-order valence-electron chi connectivity index (χ4n) is 1.50. The van der Waals surface area contributed by atoms with Gasteiger partial charge in [0.25, 0.3) is 0 Å². The van der Waals surface area contributed by atoms with Crippen LogP contribution in [0.1, 0.15) is 0 Å². The summed E-state index contributed by atoms with van der Waals surface area (Å²) >= 11 is 0. The highest BCUT2D eigenvalue weighted by Crippen LogP contribution is 2.11. The smallest absolute Gasteiger partial charge is 0.189 e. The van der Waals surface area contributed by atoms with E-state index in [2.05, 4.69) is 0 Å². The Morgan fingerprint density at radius 3 is 2.93 bits per heavy atom. The van der Waals surface area contributed by atoms with Crippen molar-refractivity contribution in [1.82, 2.24) is 4.57 Å². The van der Waals surface area contributed by atoms with Crippen molar-refractivity contribution in [1.29, 1.82) is 5.26 Å². The SMILES string of the molecule is N#CCn1ccc(=O)c2cc(F)ccc21. The standard InChI is InChI=1S/C11H7FN2O/c12-8-1-2-10-9(7-8)11(15)3-5-14(10)6-4-13/h1-3,5,7H,6H2. The van der Waals surface area contributed by atoms with Crippen LogP contribution in [0.2, 0.25) is 0 Å². The summed E-state index contributed by atoms with van der Waals surface area (Å²) in [5, 5.41) is 8.88. The Hall–Kier alpha value is -2.15. The maximum absolute atomic E-state index is 12.9. The van der Waals surface area contributed by atoms with Crippen LogP contribution < -0.4 is 5.43 Å². The van der Waals surface area contributed by atoms with E-state index in [1.807, 2.05) is 6.07 Å². The largest absolute Gasteiger partial charge is 0.333 e. The number of hydrogen-bond acceptors (Lipinski definition) is 2. The summed E-state index contributed by atoms with van der Waals surface area (Å²) in [7, 11) is 0. The first-order valence-electron chi connectivity index (χ1n) is 4.38. The number of halogens is 1. The van der Waals surface area contributed by atoms with Gasteiger partial charge in [-0.25, -0.2) is 4.39 Å². The number of nitrogens with zero attached hydrogens (tertiary/aromatic N) is 2. The molecular formula is C11H7FN2O. The third-order valence-corrected chi connectivity index (χ3v) is 2.18. The van der Waals surface area contributed by atoms with Crippen LogP contribution in [0.25, 0.3) is 10.9 Å². The van der Waals surface area contributed by atoms with Crippen molar-refractivity contribution in [2.24, 2.45) is 0 Å². The van der Waals surface area contributed by atoms with Gasteiger partial charge in [-0.3, -0.25) is 4.79 Å². The second-order valence-electron chi connectivity index (χ2n) is 3.13. The monoisotopic (exact) mass is 202 g/mol. The van der Waals surface area contributed by atoms with E-state index in [-0.39, 0.29) is 12.0 Å². The molecular weight excluding hydrogens is 195 g/mol. The zero-order valence-electron chi connectivity index (χ0n) is 7.77. The molecule has 0 spiro atoms. The van der Waals surface area contributed by atoms with Crippen LogP contribution in [0.15, 0.2) is 35.3 Å². The molecule has 4 heteroatoms. The minimum atomic E-state index is -0.450. The Morgan fingerprint density at radius 1 is 1.40 bits per heavy atom. The van der Waals surface area contributed by atoms with Crippen molar-refractivity contribution < 1.29 is 4.39 Å². The van der Waals surface area contributed by atoms with Gasteiger partial charge in [-0.05, 0) is 18.2 Å². The second-order valence-corrected chi connectivity index (χ2v) is 3.13. The van der Waals surface area contributed by atoms with Crippen LogP contribution >= 0.6 is 0 Å². The van der Waals surface area contributed by atoms with Gasteiger partial charge in [0.2, 0.25) is 0 Å². The number of pyridine rings is 1. The first kappa shape index (κ1) is 9.41. The average Bonchev–Trinajstić information content (AvgIpc) is 2.23. The van der Waals surface area contributed by atoms with Crippen molar-refractivity contribution >= 4 is 10.9 Å². The lowest BCUT2D eigenvalue weighted by Gasteiger charge is -2.05. The Morgan fingerprint density at radius 2 is 2.20 bits per heavy atom. The number of fused-ring (bicyclic) bond motifs is 1. The molecule has 2 aromatic rings. The van der Waals surface area contributed by atoms with E-state index in [0.29, 0.717) is 10.9 Å². The van der Waals surface area contributed by atoms with Gasteiger partial charge in [0.1, 0.15) is 12.4 Å². The molecule has 3 nitrogen and oxygen atoms in total. The van der Waals surface area contributed by atoms with Crippen LogP contribution in [0.4, 0.5) is 4.39 Å². The molecule has 74 valence electrons. The fraction of sp³-hybridized carbons (Fsp3) is 0.0909. The van der Waals surface area contributed by atoms with Crippen molar-refractivity contribution in [3.05, 3.63) is 46.5 Å². The molecule has 0 aliphatic heterocycles. The van der Waals surface area contributed by atoms with Crippen LogP contribution in [0.5, 0.6) is 0 Å². The summed E-state index contributed by atoms with van der Waals surface area (Å²) in [6.07, 6.45) is 1.53. The van der Waals surface area contributed by atoms with Gasteiger partial charge < -0.3 is 4.57 Å². The molecule has 1 aromatic heterocycles. The highest BCUT2D eigenvalue weighted by molar-refractivity contribution is 5.78. The van der Waals surface area contributed by atoms with Gasteiger partial charge in [-0.2, -0.15) is 5.26 Å². The van der Waals surface area contributed by atoms with Gasteiger partial charge in [0, 0.05) is 17.6 Å². The maximum Gasteiger partial charge on any atom is 0.189 e. The maximum atomic E-state index is 12.9. The Kier molecular flexibility index (Phi) is 2.22. The summed E-state index contributed by atoms with van der Waals surface area (Å²) in [6.45, 7) is 0.141. The van der Waals surface area contributed by atoms with E-state index < -0.39 is 5.82 Å². The van der Waals surface area contributed by atoms with Gasteiger partial charge >= 0.3 is 0 Å². The van der Waals surface area contributed by atoms with Crippen molar-refractivity contribution in [3.63, 3.8) is 0 Å².